The molecule has 3 rings (SSSR count). The zero-order valence-electron chi connectivity index (χ0n) is 19.7. The van der Waals surface area contributed by atoms with Crippen molar-refractivity contribution < 1.29 is 14.6 Å². The standard InChI is InChI=1S/C27H36O3/c1-17-14-20(25(3,4)5)22(21(15-17)26(6,7)8)30-24(29)27(16-18(27)2)23(28)19-12-10-9-11-13-19/h9-15,18,23,28H,16H2,1-8H3. The lowest BCUT2D eigenvalue weighted by atomic mass is 9.78. The van der Waals surface area contributed by atoms with Crippen LogP contribution in [0.4, 0.5) is 0 Å². The van der Waals surface area contributed by atoms with E-state index in [1.807, 2.05) is 37.3 Å². The van der Waals surface area contributed by atoms with Gasteiger partial charge in [0, 0.05) is 11.1 Å². The topological polar surface area (TPSA) is 46.5 Å². The Kier molecular flexibility index (Phi) is 5.66. The molecule has 0 heterocycles. The van der Waals surface area contributed by atoms with Crippen molar-refractivity contribution >= 4 is 5.97 Å². The fourth-order valence-corrected chi connectivity index (χ4v) is 4.34. The van der Waals surface area contributed by atoms with Gasteiger partial charge in [0.1, 0.15) is 11.2 Å². The molecule has 0 amide bonds. The summed E-state index contributed by atoms with van der Waals surface area (Å²) in [6, 6.07) is 13.7. The van der Waals surface area contributed by atoms with Crippen LogP contribution in [0, 0.1) is 18.3 Å². The Morgan fingerprint density at radius 2 is 1.50 bits per heavy atom. The maximum absolute atomic E-state index is 13.6. The van der Waals surface area contributed by atoms with Crippen LogP contribution in [0.15, 0.2) is 42.5 Å². The molecule has 0 radical (unpaired) electrons. The molecule has 2 aromatic carbocycles. The summed E-state index contributed by atoms with van der Waals surface area (Å²) in [5.74, 6) is 0.400. The van der Waals surface area contributed by atoms with Gasteiger partial charge >= 0.3 is 5.97 Å². The third-order valence-electron chi connectivity index (χ3n) is 6.39. The van der Waals surface area contributed by atoms with Crippen molar-refractivity contribution in [3.8, 4) is 5.75 Å². The van der Waals surface area contributed by atoms with Gasteiger partial charge < -0.3 is 9.84 Å². The lowest BCUT2D eigenvalue weighted by Gasteiger charge is -2.31. The highest BCUT2D eigenvalue weighted by Crippen LogP contribution is 2.61. The van der Waals surface area contributed by atoms with Crippen LogP contribution in [-0.4, -0.2) is 11.1 Å². The van der Waals surface area contributed by atoms with Crippen LogP contribution in [0.25, 0.3) is 0 Å². The number of esters is 1. The first-order valence-electron chi connectivity index (χ1n) is 10.9. The SMILES string of the molecule is Cc1cc(C(C)(C)C)c(OC(=O)C2(C(O)c3ccccc3)CC2C)c(C(C)(C)C)c1. The fraction of sp³-hybridized carbons (Fsp3) is 0.519. The van der Waals surface area contributed by atoms with E-state index in [4.69, 9.17) is 4.74 Å². The number of hydrogen-bond acceptors (Lipinski definition) is 3. The maximum Gasteiger partial charge on any atom is 0.320 e. The minimum atomic E-state index is -0.892. The maximum atomic E-state index is 13.6. The second-order valence-corrected chi connectivity index (χ2v) is 11.0. The third-order valence-corrected chi connectivity index (χ3v) is 6.39. The Bertz CT molecular complexity index is 896. The van der Waals surface area contributed by atoms with Crippen LogP contribution in [0.2, 0.25) is 0 Å². The molecule has 1 N–H and O–H groups in total. The predicted octanol–water partition coefficient (Wildman–Crippen LogP) is 6.26. The zero-order chi connectivity index (χ0) is 22.5. The van der Waals surface area contributed by atoms with Gasteiger partial charge in [0.2, 0.25) is 0 Å². The summed E-state index contributed by atoms with van der Waals surface area (Å²) in [5.41, 5.74) is 2.72. The second-order valence-electron chi connectivity index (χ2n) is 11.0. The molecular formula is C27H36O3. The molecule has 3 heteroatoms. The van der Waals surface area contributed by atoms with E-state index in [1.165, 1.54) is 0 Å². The Hall–Kier alpha value is -2.13. The molecule has 30 heavy (non-hydrogen) atoms. The van der Waals surface area contributed by atoms with Gasteiger partial charge in [0.25, 0.3) is 0 Å². The van der Waals surface area contributed by atoms with Gasteiger partial charge in [-0.3, -0.25) is 4.79 Å². The molecule has 0 spiro atoms. The van der Waals surface area contributed by atoms with E-state index in [9.17, 15) is 9.90 Å². The lowest BCUT2D eigenvalue weighted by molar-refractivity contribution is -0.146. The molecule has 3 unspecified atom stereocenters. The molecule has 0 saturated heterocycles. The summed E-state index contributed by atoms with van der Waals surface area (Å²) in [6.07, 6.45) is -0.244. The monoisotopic (exact) mass is 408 g/mol. The molecule has 1 saturated carbocycles. The number of rotatable bonds is 4. The van der Waals surface area contributed by atoms with E-state index >= 15 is 0 Å². The molecule has 3 atom stereocenters. The van der Waals surface area contributed by atoms with E-state index < -0.39 is 11.5 Å². The fourth-order valence-electron chi connectivity index (χ4n) is 4.34. The van der Waals surface area contributed by atoms with Crippen molar-refractivity contribution in [1.29, 1.82) is 0 Å². The van der Waals surface area contributed by atoms with Crippen molar-refractivity contribution in [2.75, 3.05) is 0 Å². The molecular weight excluding hydrogens is 372 g/mol. The summed E-state index contributed by atoms with van der Waals surface area (Å²) in [5, 5.41) is 11.1. The van der Waals surface area contributed by atoms with Gasteiger partial charge in [0.15, 0.2) is 0 Å². The van der Waals surface area contributed by atoms with Gasteiger partial charge in [-0.25, -0.2) is 0 Å². The number of benzene rings is 2. The molecule has 0 aromatic heterocycles. The van der Waals surface area contributed by atoms with Gasteiger partial charge in [-0.15, -0.1) is 0 Å². The van der Waals surface area contributed by atoms with Gasteiger partial charge in [0.05, 0.1) is 6.10 Å². The van der Waals surface area contributed by atoms with Crippen molar-refractivity contribution in [2.24, 2.45) is 11.3 Å². The number of aliphatic hydroxyl groups excluding tert-OH is 1. The minimum absolute atomic E-state index is 0.0711. The predicted molar refractivity (Wildman–Crippen MR) is 122 cm³/mol. The first-order chi connectivity index (χ1) is 13.8. The first kappa shape index (κ1) is 22.6. The van der Waals surface area contributed by atoms with Crippen molar-refractivity contribution in [2.45, 2.75) is 78.7 Å². The highest BCUT2D eigenvalue weighted by Gasteiger charge is 2.64. The number of carbonyl (C=O) groups excluding carboxylic acids is 1. The number of aliphatic hydroxyl groups is 1. The average molecular weight is 409 g/mol. The average Bonchev–Trinajstić information content (AvgIpc) is 3.33. The van der Waals surface area contributed by atoms with Crippen molar-refractivity contribution in [1.82, 2.24) is 0 Å². The van der Waals surface area contributed by atoms with Gasteiger partial charge in [-0.2, -0.15) is 0 Å². The van der Waals surface area contributed by atoms with Crippen LogP contribution < -0.4 is 4.74 Å². The van der Waals surface area contributed by atoms with E-state index in [1.54, 1.807) is 0 Å². The highest BCUT2D eigenvalue weighted by molar-refractivity contribution is 5.84. The molecule has 0 aliphatic heterocycles. The molecule has 1 aliphatic rings. The smallest absolute Gasteiger partial charge is 0.320 e. The van der Waals surface area contributed by atoms with Crippen LogP contribution >= 0.6 is 0 Å². The van der Waals surface area contributed by atoms with Crippen LogP contribution in [0.3, 0.4) is 0 Å². The zero-order valence-corrected chi connectivity index (χ0v) is 19.7. The molecule has 1 aliphatic carbocycles. The van der Waals surface area contributed by atoms with Crippen LogP contribution in [0.1, 0.15) is 83.2 Å². The Balaban J connectivity index is 2.06. The van der Waals surface area contributed by atoms with Gasteiger partial charge in [-0.05, 0) is 35.7 Å². The number of hydrogen-bond donors (Lipinski definition) is 1. The molecule has 2 aromatic rings. The highest BCUT2D eigenvalue weighted by atomic mass is 16.5. The molecule has 162 valence electrons. The molecule has 0 bridgehead atoms. The third kappa shape index (κ3) is 4.05. The summed E-state index contributed by atoms with van der Waals surface area (Å²) < 4.78 is 6.23. The Labute approximate surface area is 181 Å². The van der Waals surface area contributed by atoms with Crippen LogP contribution in [-0.2, 0) is 15.6 Å². The molecule has 3 nitrogen and oxygen atoms in total. The van der Waals surface area contributed by atoms with E-state index in [0.29, 0.717) is 12.2 Å². The molecule has 1 fully saturated rings. The van der Waals surface area contributed by atoms with Gasteiger partial charge in [-0.1, -0.05) is 96.5 Å². The Morgan fingerprint density at radius 1 is 1.03 bits per heavy atom. The van der Waals surface area contributed by atoms with Crippen molar-refractivity contribution in [3.05, 3.63) is 64.7 Å². The summed E-state index contributed by atoms with van der Waals surface area (Å²) >= 11 is 0. The largest absolute Gasteiger partial charge is 0.425 e. The minimum Gasteiger partial charge on any atom is -0.425 e. The van der Waals surface area contributed by atoms with E-state index in [2.05, 4.69) is 60.6 Å². The Morgan fingerprint density at radius 3 is 1.90 bits per heavy atom. The summed E-state index contributed by atoms with van der Waals surface area (Å²) in [4.78, 5) is 13.6. The number of carbonyl (C=O) groups is 1. The van der Waals surface area contributed by atoms with E-state index in [0.717, 1.165) is 22.3 Å². The number of ether oxygens (including phenoxy) is 1. The second kappa shape index (κ2) is 7.53. The lowest BCUT2D eigenvalue weighted by Crippen LogP contribution is -2.32. The quantitative estimate of drug-likeness (QED) is 0.480. The van der Waals surface area contributed by atoms with E-state index in [-0.39, 0.29) is 22.7 Å². The number of aryl methyl sites for hydroxylation is 1. The van der Waals surface area contributed by atoms with Crippen molar-refractivity contribution in [3.63, 3.8) is 0 Å². The van der Waals surface area contributed by atoms with Crippen LogP contribution in [0.5, 0.6) is 5.75 Å². The summed E-state index contributed by atoms with van der Waals surface area (Å²) in [7, 11) is 0. The normalized spacial score (nSPS) is 22.5. The first-order valence-corrected chi connectivity index (χ1v) is 10.9. The summed E-state index contributed by atoms with van der Waals surface area (Å²) in [6.45, 7) is 16.9.